The Morgan fingerprint density at radius 3 is 2.82 bits per heavy atom. The highest BCUT2D eigenvalue weighted by Crippen LogP contribution is 2.18. The predicted octanol–water partition coefficient (Wildman–Crippen LogP) is 2.55. The van der Waals surface area contributed by atoms with Crippen LogP contribution < -0.4 is 5.32 Å². The van der Waals surface area contributed by atoms with E-state index >= 15 is 0 Å². The molecule has 1 heterocycles. The van der Waals surface area contributed by atoms with Crippen LogP contribution in [0.5, 0.6) is 0 Å². The number of hydrogen-bond donors (Lipinski definition) is 1. The van der Waals surface area contributed by atoms with Gasteiger partial charge in [0.1, 0.15) is 5.69 Å². The number of benzene rings is 1. The van der Waals surface area contributed by atoms with E-state index in [1.165, 1.54) is 5.56 Å². The lowest BCUT2D eigenvalue weighted by Crippen LogP contribution is -2.00. The molecule has 1 aromatic carbocycles. The quantitative estimate of drug-likeness (QED) is 0.877. The van der Waals surface area contributed by atoms with E-state index in [4.69, 9.17) is 0 Å². The zero-order valence-electron chi connectivity index (χ0n) is 10.5. The van der Waals surface area contributed by atoms with Gasteiger partial charge >= 0.3 is 0 Å². The first-order valence-electron chi connectivity index (χ1n) is 5.84. The van der Waals surface area contributed by atoms with Gasteiger partial charge in [-0.3, -0.25) is 4.68 Å². The van der Waals surface area contributed by atoms with Crippen molar-refractivity contribution >= 4 is 5.69 Å². The summed E-state index contributed by atoms with van der Waals surface area (Å²) in [5.74, 6) is 0.549. The van der Waals surface area contributed by atoms with Crippen molar-refractivity contribution < 1.29 is 0 Å². The van der Waals surface area contributed by atoms with E-state index in [0.29, 0.717) is 12.5 Å². The molecule has 0 saturated carbocycles. The first-order chi connectivity index (χ1) is 8.15. The lowest BCUT2D eigenvalue weighted by molar-refractivity contribution is 0.713. The van der Waals surface area contributed by atoms with Gasteiger partial charge in [0.2, 0.25) is 0 Å². The van der Waals surface area contributed by atoms with E-state index in [2.05, 4.69) is 53.7 Å². The molecular weight excluding hydrogens is 212 g/mol. The Morgan fingerprint density at radius 2 is 2.18 bits per heavy atom. The standard InChI is InChI=1S/C13H18N4/c1-10(2)11-5-4-6-12(7-11)14-8-13-9-17(3)16-15-13/h4-7,9-10,14H,8H2,1-3H3. The van der Waals surface area contributed by atoms with E-state index < -0.39 is 0 Å². The molecule has 1 N–H and O–H groups in total. The fraction of sp³-hybridized carbons (Fsp3) is 0.385. The van der Waals surface area contributed by atoms with E-state index in [-0.39, 0.29) is 0 Å². The molecule has 0 aliphatic rings. The normalized spacial score (nSPS) is 10.8. The van der Waals surface area contributed by atoms with Gasteiger partial charge < -0.3 is 5.32 Å². The second-order valence-corrected chi connectivity index (χ2v) is 4.52. The number of nitrogens with zero attached hydrogens (tertiary/aromatic N) is 3. The number of aromatic nitrogens is 3. The van der Waals surface area contributed by atoms with E-state index in [0.717, 1.165) is 11.4 Å². The Bertz CT molecular complexity index is 488. The molecular formula is C13H18N4. The Kier molecular flexibility index (Phi) is 3.42. The molecule has 90 valence electrons. The van der Waals surface area contributed by atoms with E-state index in [9.17, 15) is 0 Å². The zero-order chi connectivity index (χ0) is 12.3. The van der Waals surface area contributed by atoms with Crippen molar-refractivity contribution in [2.45, 2.75) is 26.3 Å². The first-order valence-corrected chi connectivity index (χ1v) is 5.84. The maximum atomic E-state index is 4.04. The van der Waals surface area contributed by atoms with Crippen LogP contribution in [0.2, 0.25) is 0 Å². The average Bonchev–Trinajstić information content (AvgIpc) is 2.73. The summed E-state index contributed by atoms with van der Waals surface area (Å²) in [4.78, 5) is 0. The van der Waals surface area contributed by atoms with Crippen LogP contribution in [0.4, 0.5) is 5.69 Å². The molecule has 0 bridgehead atoms. The lowest BCUT2D eigenvalue weighted by atomic mass is 10.0. The lowest BCUT2D eigenvalue weighted by Gasteiger charge is -2.09. The Morgan fingerprint density at radius 1 is 1.35 bits per heavy atom. The van der Waals surface area contributed by atoms with Gasteiger partial charge in [0.05, 0.1) is 6.54 Å². The summed E-state index contributed by atoms with van der Waals surface area (Å²) in [7, 11) is 1.87. The van der Waals surface area contributed by atoms with E-state index in [1.54, 1.807) is 4.68 Å². The largest absolute Gasteiger partial charge is 0.379 e. The van der Waals surface area contributed by atoms with Gasteiger partial charge in [0.15, 0.2) is 0 Å². The highest BCUT2D eigenvalue weighted by atomic mass is 15.4. The summed E-state index contributed by atoms with van der Waals surface area (Å²) < 4.78 is 1.71. The van der Waals surface area contributed by atoms with Crippen molar-refractivity contribution in [2.24, 2.45) is 7.05 Å². The summed E-state index contributed by atoms with van der Waals surface area (Å²) in [6.07, 6.45) is 1.92. The van der Waals surface area contributed by atoms with Crippen LogP contribution in [-0.4, -0.2) is 15.0 Å². The predicted molar refractivity (Wildman–Crippen MR) is 68.9 cm³/mol. The minimum atomic E-state index is 0.549. The molecule has 2 aromatic rings. The fourth-order valence-electron chi connectivity index (χ4n) is 1.68. The minimum Gasteiger partial charge on any atom is -0.379 e. The summed E-state index contributed by atoms with van der Waals surface area (Å²) in [5, 5.41) is 11.3. The molecule has 4 heteroatoms. The molecule has 0 unspecified atom stereocenters. The third-order valence-corrected chi connectivity index (χ3v) is 2.68. The van der Waals surface area contributed by atoms with E-state index in [1.807, 2.05) is 13.2 Å². The molecule has 0 aliphatic carbocycles. The second-order valence-electron chi connectivity index (χ2n) is 4.52. The molecule has 2 rings (SSSR count). The maximum absolute atomic E-state index is 4.04. The number of anilines is 1. The fourth-order valence-corrected chi connectivity index (χ4v) is 1.68. The molecule has 0 fully saturated rings. The van der Waals surface area contributed by atoms with Gasteiger partial charge in [-0.05, 0) is 23.6 Å². The van der Waals surface area contributed by atoms with Crippen molar-refractivity contribution in [3.63, 3.8) is 0 Å². The summed E-state index contributed by atoms with van der Waals surface area (Å²) in [6.45, 7) is 5.10. The zero-order valence-corrected chi connectivity index (χ0v) is 10.5. The van der Waals surface area contributed by atoms with Gasteiger partial charge in [0, 0.05) is 18.9 Å². The van der Waals surface area contributed by atoms with Gasteiger partial charge in [0.25, 0.3) is 0 Å². The molecule has 0 atom stereocenters. The molecule has 0 saturated heterocycles. The molecule has 0 aliphatic heterocycles. The van der Waals surface area contributed by atoms with Crippen LogP contribution in [-0.2, 0) is 13.6 Å². The van der Waals surface area contributed by atoms with Gasteiger partial charge in [-0.25, -0.2) is 0 Å². The number of rotatable bonds is 4. The number of aryl methyl sites for hydroxylation is 1. The minimum absolute atomic E-state index is 0.549. The molecule has 4 nitrogen and oxygen atoms in total. The third kappa shape index (κ3) is 3.06. The monoisotopic (exact) mass is 230 g/mol. The van der Waals surface area contributed by atoms with Crippen molar-refractivity contribution in [3.8, 4) is 0 Å². The van der Waals surface area contributed by atoms with Crippen molar-refractivity contribution in [1.29, 1.82) is 0 Å². The first kappa shape index (κ1) is 11.6. The van der Waals surface area contributed by atoms with Crippen molar-refractivity contribution in [1.82, 2.24) is 15.0 Å². The molecule has 17 heavy (non-hydrogen) atoms. The van der Waals surface area contributed by atoms with Gasteiger partial charge in [-0.15, -0.1) is 5.10 Å². The van der Waals surface area contributed by atoms with Crippen LogP contribution >= 0.6 is 0 Å². The van der Waals surface area contributed by atoms with Crippen LogP contribution in [0.15, 0.2) is 30.5 Å². The molecule has 0 spiro atoms. The number of nitrogens with one attached hydrogen (secondary N) is 1. The van der Waals surface area contributed by atoms with Crippen molar-refractivity contribution in [3.05, 3.63) is 41.7 Å². The SMILES string of the molecule is CC(C)c1cccc(NCc2cn(C)nn2)c1. The van der Waals surface area contributed by atoms with Crippen LogP contribution in [0, 0.1) is 0 Å². The number of hydrogen-bond acceptors (Lipinski definition) is 3. The average molecular weight is 230 g/mol. The highest BCUT2D eigenvalue weighted by Gasteiger charge is 2.01. The molecule has 0 amide bonds. The van der Waals surface area contributed by atoms with Gasteiger partial charge in [-0.2, -0.15) is 0 Å². The summed E-state index contributed by atoms with van der Waals surface area (Å²) in [5.41, 5.74) is 3.42. The Labute approximate surface area is 102 Å². The van der Waals surface area contributed by atoms with Gasteiger partial charge in [-0.1, -0.05) is 31.2 Å². The van der Waals surface area contributed by atoms with Crippen LogP contribution in [0.25, 0.3) is 0 Å². The Balaban J connectivity index is 2.01. The second kappa shape index (κ2) is 4.99. The summed E-state index contributed by atoms with van der Waals surface area (Å²) in [6, 6.07) is 8.48. The topological polar surface area (TPSA) is 42.7 Å². The third-order valence-electron chi connectivity index (χ3n) is 2.68. The van der Waals surface area contributed by atoms with Crippen LogP contribution in [0.1, 0.15) is 31.0 Å². The molecule has 1 aromatic heterocycles. The summed E-state index contributed by atoms with van der Waals surface area (Å²) >= 11 is 0. The Hall–Kier alpha value is -1.84. The highest BCUT2D eigenvalue weighted by molar-refractivity contribution is 5.46. The smallest absolute Gasteiger partial charge is 0.102 e. The maximum Gasteiger partial charge on any atom is 0.102 e. The van der Waals surface area contributed by atoms with Crippen molar-refractivity contribution in [2.75, 3.05) is 5.32 Å². The molecule has 0 radical (unpaired) electrons. The van der Waals surface area contributed by atoms with Crippen LogP contribution in [0.3, 0.4) is 0 Å².